The summed E-state index contributed by atoms with van der Waals surface area (Å²) < 4.78 is 0. The lowest BCUT2D eigenvalue weighted by Gasteiger charge is -2.11. The number of benzene rings is 3. The minimum Gasteiger partial charge on any atom is -0.289 e. The van der Waals surface area contributed by atoms with Crippen LogP contribution in [-0.2, 0) is 6.42 Å². The lowest BCUT2D eigenvalue weighted by molar-refractivity contribution is 0.103. The van der Waals surface area contributed by atoms with Gasteiger partial charge < -0.3 is 0 Å². The van der Waals surface area contributed by atoms with Crippen LogP contribution in [-0.4, -0.2) is 10.8 Å². The molecule has 0 aliphatic carbocycles. The van der Waals surface area contributed by atoms with Crippen molar-refractivity contribution in [2.45, 2.75) is 6.42 Å². The Kier molecular flexibility index (Phi) is 4.09. The molecule has 0 spiro atoms. The summed E-state index contributed by atoms with van der Waals surface area (Å²) in [5, 5.41) is 2.45. The first-order valence-electron chi connectivity index (χ1n) is 8.32. The third-order valence-corrected chi connectivity index (χ3v) is 4.45. The molecular formula is C23H17NO. The molecule has 0 amide bonds. The summed E-state index contributed by atoms with van der Waals surface area (Å²) in [5.41, 5.74) is 3.62. The van der Waals surface area contributed by atoms with Crippen LogP contribution in [0, 0.1) is 0 Å². The fourth-order valence-electron chi connectivity index (χ4n) is 3.20. The lowest BCUT2D eigenvalue weighted by atomic mass is 9.93. The molecular weight excluding hydrogens is 306 g/mol. The maximum atomic E-state index is 12.9. The summed E-state index contributed by atoms with van der Waals surface area (Å²) in [6.07, 6.45) is 4.03. The molecule has 1 heterocycles. The van der Waals surface area contributed by atoms with Crippen molar-refractivity contribution in [1.29, 1.82) is 0 Å². The van der Waals surface area contributed by atoms with Gasteiger partial charge in [0.2, 0.25) is 0 Å². The second-order valence-electron chi connectivity index (χ2n) is 6.04. The first-order valence-corrected chi connectivity index (χ1v) is 8.32. The molecule has 4 rings (SSSR count). The van der Waals surface area contributed by atoms with Crippen LogP contribution in [0.4, 0.5) is 0 Å². The normalized spacial score (nSPS) is 10.7. The van der Waals surface area contributed by atoms with E-state index in [2.05, 4.69) is 41.4 Å². The number of carbonyl (C=O) groups is 1. The van der Waals surface area contributed by atoms with Gasteiger partial charge in [-0.3, -0.25) is 9.78 Å². The predicted molar refractivity (Wildman–Crippen MR) is 101 cm³/mol. The number of hydrogen-bond acceptors (Lipinski definition) is 2. The molecule has 0 saturated carbocycles. The summed E-state index contributed by atoms with van der Waals surface area (Å²) in [4.78, 5) is 16.9. The smallest absolute Gasteiger partial charge is 0.194 e. The molecule has 0 aliphatic heterocycles. The monoisotopic (exact) mass is 323 g/mol. The quantitative estimate of drug-likeness (QED) is 0.492. The topological polar surface area (TPSA) is 30.0 Å². The summed E-state index contributed by atoms with van der Waals surface area (Å²) in [5.74, 6) is 0.0175. The Hall–Kier alpha value is -3.26. The number of pyridine rings is 1. The highest BCUT2D eigenvalue weighted by Crippen LogP contribution is 2.23. The van der Waals surface area contributed by atoms with Crippen LogP contribution in [0.3, 0.4) is 0 Å². The van der Waals surface area contributed by atoms with E-state index in [1.807, 2.05) is 36.4 Å². The third-order valence-electron chi connectivity index (χ3n) is 4.45. The van der Waals surface area contributed by atoms with Crippen molar-refractivity contribution in [3.8, 4) is 0 Å². The molecule has 0 N–H and O–H groups in total. The second-order valence-corrected chi connectivity index (χ2v) is 6.04. The SMILES string of the molecule is O=C(c1cccnc1)c1ccccc1Cc1cccc2ccccc12. The molecule has 0 aliphatic rings. The molecule has 0 atom stereocenters. The fourth-order valence-corrected chi connectivity index (χ4v) is 3.20. The highest BCUT2D eigenvalue weighted by molar-refractivity contribution is 6.09. The van der Waals surface area contributed by atoms with Crippen LogP contribution < -0.4 is 0 Å². The highest BCUT2D eigenvalue weighted by Gasteiger charge is 2.14. The summed E-state index contributed by atoms with van der Waals surface area (Å²) >= 11 is 0. The number of fused-ring (bicyclic) bond motifs is 1. The Morgan fingerprint density at radius 1 is 0.760 bits per heavy atom. The van der Waals surface area contributed by atoms with E-state index in [1.54, 1.807) is 18.5 Å². The van der Waals surface area contributed by atoms with E-state index in [0.29, 0.717) is 5.56 Å². The molecule has 0 radical (unpaired) electrons. The Labute approximate surface area is 146 Å². The van der Waals surface area contributed by atoms with Crippen LogP contribution in [0.1, 0.15) is 27.0 Å². The zero-order chi connectivity index (χ0) is 17.1. The van der Waals surface area contributed by atoms with Crippen molar-refractivity contribution >= 4 is 16.6 Å². The summed E-state index contributed by atoms with van der Waals surface area (Å²) in [7, 11) is 0. The van der Waals surface area contributed by atoms with Crippen LogP contribution in [0.25, 0.3) is 10.8 Å². The van der Waals surface area contributed by atoms with Crippen molar-refractivity contribution in [3.05, 3.63) is 114 Å². The average Bonchev–Trinajstić information content (AvgIpc) is 2.69. The molecule has 0 saturated heterocycles. The van der Waals surface area contributed by atoms with E-state index in [1.165, 1.54) is 16.3 Å². The zero-order valence-corrected chi connectivity index (χ0v) is 13.7. The van der Waals surface area contributed by atoms with Gasteiger partial charge in [0.05, 0.1) is 0 Å². The molecule has 1 aromatic heterocycles. The Balaban J connectivity index is 1.76. The van der Waals surface area contributed by atoms with Gasteiger partial charge in [-0.2, -0.15) is 0 Å². The second kappa shape index (κ2) is 6.70. The van der Waals surface area contributed by atoms with Crippen molar-refractivity contribution in [3.63, 3.8) is 0 Å². The number of aromatic nitrogens is 1. The Bertz CT molecular complexity index is 1030. The number of hydrogen-bond donors (Lipinski definition) is 0. The van der Waals surface area contributed by atoms with E-state index in [0.717, 1.165) is 17.5 Å². The number of ketones is 1. The molecule has 0 bridgehead atoms. The largest absolute Gasteiger partial charge is 0.289 e. The van der Waals surface area contributed by atoms with Crippen LogP contribution in [0.15, 0.2) is 91.3 Å². The predicted octanol–water partition coefficient (Wildman–Crippen LogP) is 5.06. The minimum absolute atomic E-state index is 0.0175. The van der Waals surface area contributed by atoms with E-state index in [4.69, 9.17) is 0 Å². The molecule has 0 unspecified atom stereocenters. The van der Waals surface area contributed by atoms with Crippen molar-refractivity contribution in [1.82, 2.24) is 4.98 Å². The zero-order valence-electron chi connectivity index (χ0n) is 13.7. The van der Waals surface area contributed by atoms with E-state index in [-0.39, 0.29) is 5.78 Å². The molecule has 2 heteroatoms. The van der Waals surface area contributed by atoms with Crippen LogP contribution >= 0.6 is 0 Å². The van der Waals surface area contributed by atoms with Gasteiger partial charge in [0, 0.05) is 23.5 Å². The molecule has 0 fully saturated rings. The third kappa shape index (κ3) is 3.07. The minimum atomic E-state index is 0.0175. The lowest BCUT2D eigenvalue weighted by Crippen LogP contribution is -2.06. The number of rotatable bonds is 4. The number of nitrogens with zero attached hydrogens (tertiary/aromatic N) is 1. The van der Waals surface area contributed by atoms with Crippen molar-refractivity contribution in [2.75, 3.05) is 0 Å². The van der Waals surface area contributed by atoms with Gasteiger partial charge >= 0.3 is 0 Å². The number of carbonyl (C=O) groups excluding carboxylic acids is 1. The van der Waals surface area contributed by atoms with E-state index in [9.17, 15) is 4.79 Å². The first kappa shape index (κ1) is 15.3. The van der Waals surface area contributed by atoms with Crippen LogP contribution in [0.2, 0.25) is 0 Å². The fraction of sp³-hybridized carbons (Fsp3) is 0.0435. The molecule has 25 heavy (non-hydrogen) atoms. The van der Waals surface area contributed by atoms with Gasteiger partial charge in [0.1, 0.15) is 0 Å². The van der Waals surface area contributed by atoms with Crippen molar-refractivity contribution in [2.24, 2.45) is 0 Å². The van der Waals surface area contributed by atoms with E-state index < -0.39 is 0 Å². The van der Waals surface area contributed by atoms with Gasteiger partial charge in [-0.15, -0.1) is 0 Å². The van der Waals surface area contributed by atoms with Crippen molar-refractivity contribution < 1.29 is 4.79 Å². The Morgan fingerprint density at radius 2 is 1.52 bits per heavy atom. The van der Waals surface area contributed by atoms with E-state index >= 15 is 0 Å². The van der Waals surface area contributed by atoms with Gasteiger partial charge in [0.25, 0.3) is 0 Å². The highest BCUT2D eigenvalue weighted by atomic mass is 16.1. The molecule has 3 aromatic carbocycles. The Morgan fingerprint density at radius 3 is 2.40 bits per heavy atom. The van der Waals surface area contributed by atoms with Crippen LogP contribution in [0.5, 0.6) is 0 Å². The average molecular weight is 323 g/mol. The summed E-state index contributed by atoms with van der Waals surface area (Å²) in [6.45, 7) is 0. The first-order chi connectivity index (χ1) is 12.3. The molecule has 4 aromatic rings. The molecule has 120 valence electrons. The summed E-state index contributed by atoms with van der Waals surface area (Å²) in [6, 6.07) is 26.1. The van der Waals surface area contributed by atoms with Gasteiger partial charge in [-0.05, 0) is 40.5 Å². The van der Waals surface area contributed by atoms with Gasteiger partial charge in [0.15, 0.2) is 5.78 Å². The molecule has 2 nitrogen and oxygen atoms in total. The maximum absolute atomic E-state index is 12.9. The van der Waals surface area contributed by atoms with Gasteiger partial charge in [-0.1, -0.05) is 66.7 Å². The standard InChI is InChI=1S/C23H17NO/c25-23(20-11-6-14-24-16-20)22-13-4-2-8-19(22)15-18-10-5-9-17-7-1-3-12-21(17)18/h1-14,16H,15H2. The van der Waals surface area contributed by atoms with Gasteiger partial charge in [-0.25, -0.2) is 0 Å². The maximum Gasteiger partial charge on any atom is 0.194 e.